The zero-order valence-corrected chi connectivity index (χ0v) is 17.6. The Balaban J connectivity index is 2.32. The van der Waals surface area contributed by atoms with Crippen LogP contribution < -0.4 is 18.9 Å². The molecule has 2 aromatic carbocycles. The van der Waals surface area contributed by atoms with Crippen LogP contribution in [0.1, 0.15) is 29.7 Å². The number of nitro groups is 1. The number of ether oxygens (including phenoxy) is 4. The fourth-order valence-corrected chi connectivity index (χ4v) is 3.88. The number of carbonyl (C=O) groups excluding carboxylic acids is 1. The van der Waals surface area contributed by atoms with Crippen LogP contribution in [0.5, 0.6) is 23.0 Å². The molecule has 160 valence electrons. The van der Waals surface area contributed by atoms with Crippen molar-refractivity contribution >= 4 is 11.6 Å². The molecule has 0 saturated heterocycles. The van der Waals surface area contributed by atoms with Crippen molar-refractivity contribution in [3.63, 3.8) is 0 Å². The molecule has 2 aromatic rings. The minimum Gasteiger partial charge on any atom is -0.493 e. The maximum absolute atomic E-state index is 12.5. The minimum absolute atomic E-state index is 0.161. The monoisotopic (exact) mass is 416 g/mol. The maximum atomic E-state index is 12.5. The molecular formula is C21H24N2O7. The average molecular weight is 416 g/mol. The van der Waals surface area contributed by atoms with Crippen molar-refractivity contribution in [2.24, 2.45) is 0 Å². The van der Waals surface area contributed by atoms with E-state index in [-0.39, 0.29) is 17.3 Å². The van der Waals surface area contributed by atoms with Crippen LogP contribution in [0.4, 0.5) is 5.69 Å². The van der Waals surface area contributed by atoms with E-state index in [1.54, 1.807) is 24.1 Å². The molecule has 0 aromatic heterocycles. The quantitative estimate of drug-likeness (QED) is 0.527. The van der Waals surface area contributed by atoms with Crippen molar-refractivity contribution < 1.29 is 28.7 Å². The van der Waals surface area contributed by atoms with E-state index >= 15 is 0 Å². The minimum atomic E-state index is -0.689. The molecule has 0 fully saturated rings. The third-order valence-corrected chi connectivity index (χ3v) is 5.30. The lowest BCUT2D eigenvalue weighted by atomic mass is 9.86. The molecule has 0 aliphatic carbocycles. The average Bonchev–Trinajstić information content (AvgIpc) is 2.75. The van der Waals surface area contributed by atoms with Gasteiger partial charge >= 0.3 is 0 Å². The highest BCUT2D eigenvalue weighted by Gasteiger charge is 2.37. The Morgan fingerprint density at radius 3 is 1.93 bits per heavy atom. The number of nitro benzene ring substituents is 1. The second kappa shape index (κ2) is 8.48. The van der Waals surface area contributed by atoms with Gasteiger partial charge in [0.2, 0.25) is 5.91 Å². The summed E-state index contributed by atoms with van der Waals surface area (Å²) in [4.78, 5) is 25.5. The normalized spacial score (nSPS) is 15.2. The third-order valence-electron chi connectivity index (χ3n) is 5.30. The standard InChI is InChI=1S/C21H24N2O7/c1-12(24)22-7-6-13-8-17(27-2)18(28-3)9-14(13)21(22)15-10-19(29-4)20(30-5)11-16(15)23(25)26/h8-11,21H,6-7H2,1-5H3/t21-/m0/s1. The van der Waals surface area contributed by atoms with Gasteiger partial charge in [0.1, 0.15) is 0 Å². The highest BCUT2D eigenvalue weighted by molar-refractivity contribution is 5.76. The van der Waals surface area contributed by atoms with Crippen molar-refractivity contribution in [2.75, 3.05) is 35.0 Å². The van der Waals surface area contributed by atoms with Gasteiger partial charge < -0.3 is 23.8 Å². The van der Waals surface area contributed by atoms with E-state index in [4.69, 9.17) is 18.9 Å². The number of hydrogen-bond acceptors (Lipinski definition) is 7. The van der Waals surface area contributed by atoms with Crippen molar-refractivity contribution in [1.82, 2.24) is 4.90 Å². The first-order chi connectivity index (χ1) is 14.4. The van der Waals surface area contributed by atoms with E-state index in [0.29, 0.717) is 35.8 Å². The number of rotatable bonds is 6. The second-order valence-corrected chi connectivity index (χ2v) is 6.79. The molecule has 1 atom stereocenters. The van der Waals surface area contributed by atoms with Crippen LogP contribution in [0.3, 0.4) is 0 Å². The van der Waals surface area contributed by atoms with Crippen LogP contribution in [0.25, 0.3) is 0 Å². The summed E-state index contributed by atoms with van der Waals surface area (Å²) >= 11 is 0. The van der Waals surface area contributed by atoms with Crippen LogP contribution in [0.15, 0.2) is 24.3 Å². The lowest BCUT2D eigenvalue weighted by molar-refractivity contribution is -0.385. The van der Waals surface area contributed by atoms with E-state index < -0.39 is 11.0 Å². The molecule has 0 bridgehead atoms. The summed E-state index contributed by atoms with van der Waals surface area (Å²) in [5, 5.41) is 11.9. The maximum Gasteiger partial charge on any atom is 0.279 e. The molecule has 30 heavy (non-hydrogen) atoms. The fraction of sp³-hybridized carbons (Fsp3) is 0.381. The van der Waals surface area contributed by atoms with Gasteiger partial charge in [0, 0.05) is 13.5 Å². The molecule has 0 saturated carbocycles. The number of carbonyl (C=O) groups is 1. The van der Waals surface area contributed by atoms with Crippen molar-refractivity contribution in [3.8, 4) is 23.0 Å². The van der Waals surface area contributed by atoms with E-state index in [1.165, 1.54) is 34.3 Å². The number of nitrogens with zero attached hydrogens (tertiary/aromatic N) is 2. The van der Waals surface area contributed by atoms with Gasteiger partial charge in [-0.05, 0) is 35.7 Å². The SMILES string of the molecule is COc1cc2c(cc1OC)[C@@H](c1cc(OC)c(OC)cc1[N+](=O)[O-])N(C(C)=O)CC2. The van der Waals surface area contributed by atoms with Crippen LogP contribution in [-0.2, 0) is 11.2 Å². The summed E-state index contributed by atoms with van der Waals surface area (Å²) in [6.45, 7) is 1.86. The molecule has 3 rings (SSSR count). The van der Waals surface area contributed by atoms with Gasteiger partial charge in [-0.25, -0.2) is 0 Å². The molecule has 0 spiro atoms. The first kappa shape index (κ1) is 21.2. The zero-order valence-electron chi connectivity index (χ0n) is 17.6. The lowest BCUT2D eigenvalue weighted by Crippen LogP contribution is -2.39. The Hall–Kier alpha value is -3.49. The summed E-state index contributed by atoms with van der Waals surface area (Å²) in [6.07, 6.45) is 0.590. The largest absolute Gasteiger partial charge is 0.493 e. The first-order valence-corrected chi connectivity index (χ1v) is 9.28. The Morgan fingerprint density at radius 2 is 1.43 bits per heavy atom. The molecule has 0 N–H and O–H groups in total. The second-order valence-electron chi connectivity index (χ2n) is 6.79. The molecule has 1 heterocycles. The van der Waals surface area contributed by atoms with E-state index in [0.717, 1.165) is 11.1 Å². The molecular weight excluding hydrogens is 392 g/mol. The topological polar surface area (TPSA) is 100 Å². The van der Waals surface area contributed by atoms with Crippen molar-refractivity contribution in [1.29, 1.82) is 0 Å². The van der Waals surface area contributed by atoms with Crippen molar-refractivity contribution in [3.05, 3.63) is 51.1 Å². The smallest absolute Gasteiger partial charge is 0.279 e. The highest BCUT2D eigenvalue weighted by atomic mass is 16.6. The fourth-order valence-electron chi connectivity index (χ4n) is 3.88. The molecule has 1 aliphatic heterocycles. The molecule has 1 aliphatic rings. The van der Waals surface area contributed by atoms with Gasteiger partial charge in [-0.15, -0.1) is 0 Å². The Labute approximate surface area is 174 Å². The van der Waals surface area contributed by atoms with Gasteiger partial charge in [-0.1, -0.05) is 0 Å². The van der Waals surface area contributed by atoms with Crippen LogP contribution in [0.2, 0.25) is 0 Å². The molecule has 0 unspecified atom stereocenters. The Bertz CT molecular complexity index is 990. The Kier molecular flexibility index (Phi) is 6.00. The van der Waals surface area contributed by atoms with E-state index in [2.05, 4.69) is 0 Å². The van der Waals surface area contributed by atoms with E-state index in [1.807, 2.05) is 6.07 Å². The summed E-state index contributed by atoms with van der Waals surface area (Å²) in [5.74, 6) is 1.44. The first-order valence-electron chi connectivity index (χ1n) is 9.28. The van der Waals surface area contributed by atoms with Gasteiger partial charge in [-0.3, -0.25) is 14.9 Å². The number of methoxy groups -OCH3 is 4. The Morgan fingerprint density at radius 1 is 0.933 bits per heavy atom. The molecule has 0 radical (unpaired) electrons. The van der Waals surface area contributed by atoms with Crippen molar-refractivity contribution in [2.45, 2.75) is 19.4 Å². The van der Waals surface area contributed by atoms with Gasteiger partial charge in [0.25, 0.3) is 5.69 Å². The predicted molar refractivity (Wildman–Crippen MR) is 109 cm³/mol. The van der Waals surface area contributed by atoms with Gasteiger partial charge in [0.05, 0.1) is 51.0 Å². The van der Waals surface area contributed by atoms with Crippen LogP contribution in [0, 0.1) is 10.1 Å². The number of benzene rings is 2. The number of amides is 1. The summed E-state index contributed by atoms with van der Waals surface area (Å²) in [6, 6.07) is 5.82. The molecule has 1 amide bonds. The zero-order chi connectivity index (χ0) is 22.0. The molecule has 9 heteroatoms. The summed E-state index contributed by atoms with van der Waals surface area (Å²) < 4.78 is 21.4. The number of hydrogen-bond donors (Lipinski definition) is 0. The number of fused-ring (bicyclic) bond motifs is 1. The van der Waals surface area contributed by atoms with Crippen LogP contribution in [-0.4, -0.2) is 50.7 Å². The van der Waals surface area contributed by atoms with E-state index in [9.17, 15) is 14.9 Å². The predicted octanol–water partition coefficient (Wildman–Crippen LogP) is 3.12. The van der Waals surface area contributed by atoms with Crippen LogP contribution >= 0.6 is 0 Å². The summed E-state index contributed by atoms with van der Waals surface area (Å²) in [5.41, 5.74) is 1.84. The van der Waals surface area contributed by atoms with Gasteiger partial charge in [-0.2, -0.15) is 0 Å². The van der Waals surface area contributed by atoms with Gasteiger partial charge in [0.15, 0.2) is 23.0 Å². The molecule has 9 nitrogen and oxygen atoms in total. The highest BCUT2D eigenvalue weighted by Crippen LogP contribution is 2.46. The lowest BCUT2D eigenvalue weighted by Gasteiger charge is -2.37. The summed E-state index contributed by atoms with van der Waals surface area (Å²) in [7, 11) is 5.93. The third kappa shape index (κ3) is 3.58.